The molecule has 2 aliphatic heterocycles. The lowest BCUT2D eigenvalue weighted by Crippen LogP contribution is -2.42. The van der Waals surface area contributed by atoms with Gasteiger partial charge in [-0.25, -0.2) is 13.8 Å². The Labute approximate surface area is 218 Å². The highest BCUT2D eigenvalue weighted by Crippen LogP contribution is 2.31. The molecule has 8 nitrogen and oxygen atoms in total. The lowest BCUT2D eigenvalue weighted by atomic mass is 9.91. The van der Waals surface area contributed by atoms with Gasteiger partial charge in [0.1, 0.15) is 0 Å². The van der Waals surface area contributed by atoms with Crippen molar-refractivity contribution in [2.24, 2.45) is 20.2 Å². The zero-order valence-corrected chi connectivity index (χ0v) is 21.8. The number of alkyl halides is 2. The second-order valence-electron chi connectivity index (χ2n) is 8.32. The summed E-state index contributed by atoms with van der Waals surface area (Å²) >= 11 is 7.19. The Kier molecular flexibility index (Phi) is 7.98. The van der Waals surface area contributed by atoms with Crippen molar-refractivity contribution in [3.05, 3.63) is 70.7 Å². The summed E-state index contributed by atoms with van der Waals surface area (Å²) in [4.78, 5) is 4.21. The molecule has 0 aromatic heterocycles. The van der Waals surface area contributed by atoms with Crippen molar-refractivity contribution in [1.82, 2.24) is 9.31 Å². The van der Waals surface area contributed by atoms with Crippen LogP contribution in [0.25, 0.3) is 0 Å². The Morgan fingerprint density at radius 1 is 1.14 bits per heavy atom. The summed E-state index contributed by atoms with van der Waals surface area (Å²) in [5.41, 5.74) is 8.37. The topological polar surface area (TPSA) is 104 Å². The lowest BCUT2D eigenvalue weighted by molar-refractivity contribution is -0.0411. The van der Waals surface area contributed by atoms with Crippen LogP contribution in [0, 0.1) is 0 Å². The average molecular weight is 555 g/mol. The van der Waals surface area contributed by atoms with Gasteiger partial charge in [-0.05, 0) is 29.5 Å². The van der Waals surface area contributed by atoms with Crippen LogP contribution in [0.1, 0.15) is 29.9 Å². The highest BCUT2D eigenvalue weighted by Gasteiger charge is 2.39. The predicted octanol–water partition coefficient (Wildman–Crippen LogP) is 4.15. The van der Waals surface area contributed by atoms with Crippen molar-refractivity contribution in [1.29, 1.82) is 0 Å². The van der Waals surface area contributed by atoms with Gasteiger partial charge >= 0.3 is 10.2 Å². The molecular formula is C23H25ClF2N6O2S2. The van der Waals surface area contributed by atoms with E-state index in [-0.39, 0.29) is 36.7 Å². The third-order valence-electron chi connectivity index (χ3n) is 5.88. The SMILES string of the molecule is CS/C(N)=N\C(=N\S(=O)(=O)N1CCC(F)(F)CC1)N1CC(c2ccccc2)C(c2ccc(Cl)cc2)=N1. The van der Waals surface area contributed by atoms with Gasteiger partial charge < -0.3 is 5.73 Å². The first-order chi connectivity index (χ1) is 17.1. The first kappa shape index (κ1) is 26.5. The quantitative estimate of drug-likeness (QED) is 0.451. The molecule has 2 heterocycles. The van der Waals surface area contributed by atoms with E-state index >= 15 is 0 Å². The molecule has 1 unspecified atom stereocenters. The van der Waals surface area contributed by atoms with E-state index in [4.69, 9.17) is 17.3 Å². The predicted molar refractivity (Wildman–Crippen MR) is 141 cm³/mol. The van der Waals surface area contributed by atoms with Gasteiger partial charge in [-0.1, -0.05) is 65.8 Å². The minimum atomic E-state index is -4.31. The molecule has 0 aliphatic carbocycles. The highest BCUT2D eigenvalue weighted by molar-refractivity contribution is 8.13. The van der Waals surface area contributed by atoms with Crippen LogP contribution >= 0.6 is 23.4 Å². The van der Waals surface area contributed by atoms with Gasteiger partial charge in [0, 0.05) is 36.9 Å². The minimum absolute atomic E-state index is 0.0838. The largest absolute Gasteiger partial charge is 0.378 e. The van der Waals surface area contributed by atoms with Gasteiger partial charge in [0.2, 0.25) is 0 Å². The molecule has 1 saturated heterocycles. The lowest BCUT2D eigenvalue weighted by Gasteiger charge is -2.29. The number of thioether (sulfide) groups is 1. The molecule has 2 aromatic carbocycles. The molecule has 0 spiro atoms. The summed E-state index contributed by atoms with van der Waals surface area (Å²) in [5.74, 6) is -3.35. The minimum Gasteiger partial charge on any atom is -0.378 e. The number of nitrogens with two attached hydrogens (primary N) is 1. The van der Waals surface area contributed by atoms with E-state index in [9.17, 15) is 17.2 Å². The van der Waals surface area contributed by atoms with E-state index in [0.29, 0.717) is 10.7 Å². The number of amidine groups is 1. The Balaban J connectivity index is 1.74. The molecule has 36 heavy (non-hydrogen) atoms. The summed E-state index contributed by atoms with van der Waals surface area (Å²) in [5, 5.41) is 6.73. The van der Waals surface area contributed by atoms with Crippen LogP contribution in [0.4, 0.5) is 8.78 Å². The van der Waals surface area contributed by atoms with Crippen molar-refractivity contribution in [3.63, 3.8) is 0 Å². The van der Waals surface area contributed by atoms with E-state index in [1.807, 2.05) is 42.5 Å². The molecule has 192 valence electrons. The first-order valence-corrected chi connectivity index (χ1v) is 14.1. The Bertz CT molecular complexity index is 1280. The number of benzene rings is 2. The monoisotopic (exact) mass is 554 g/mol. The van der Waals surface area contributed by atoms with Gasteiger partial charge in [0.15, 0.2) is 5.17 Å². The number of aliphatic imine (C=N–C) groups is 1. The van der Waals surface area contributed by atoms with E-state index in [2.05, 4.69) is 14.5 Å². The molecule has 2 aromatic rings. The number of guanidine groups is 1. The number of hydrazone groups is 1. The molecule has 0 saturated carbocycles. The fourth-order valence-corrected chi connectivity index (χ4v) is 5.33. The van der Waals surface area contributed by atoms with Gasteiger partial charge in [-0.3, -0.25) is 0 Å². The fraction of sp³-hybridized carbons (Fsp3) is 0.348. The second-order valence-corrected chi connectivity index (χ2v) is 11.2. The molecule has 2 N–H and O–H groups in total. The molecule has 2 aliphatic rings. The maximum Gasteiger partial charge on any atom is 0.325 e. The van der Waals surface area contributed by atoms with Crippen molar-refractivity contribution in [2.75, 3.05) is 25.9 Å². The third kappa shape index (κ3) is 6.23. The van der Waals surface area contributed by atoms with Gasteiger partial charge in [-0.2, -0.15) is 22.8 Å². The average Bonchev–Trinajstić information content (AvgIpc) is 3.30. The number of piperidine rings is 1. The van der Waals surface area contributed by atoms with Crippen LogP contribution in [0.2, 0.25) is 5.02 Å². The summed E-state index contributed by atoms with van der Waals surface area (Å²) in [6.07, 6.45) is 0.564. The number of hydrogen-bond donors (Lipinski definition) is 1. The standard InChI is InChI=1S/C23H25ClF2N6O2S2/c1-35-21(27)28-22(30-36(33,34)31-13-11-23(25,26)12-14-31)32-15-19(16-5-3-2-4-6-16)20(29-32)17-7-9-18(24)10-8-17/h2-10,19H,11-15H2,1H3,(H2,27,28,30). The zero-order chi connectivity index (χ0) is 25.9. The molecule has 4 rings (SSSR count). The summed E-state index contributed by atoms with van der Waals surface area (Å²) in [7, 11) is -4.31. The van der Waals surface area contributed by atoms with Gasteiger partial charge in [0.25, 0.3) is 11.9 Å². The first-order valence-electron chi connectivity index (χ1n) is 11.1. The van der Waals surface area contributed by atoms with Crippen LogP contribution in [0.15, 0.2) is 69.1 Å². The molecule has 13 heteroatoms. The second kappa shape index (κ2) is 10.8. The van der Waals surface area contributed by atoms with Crippen LogP contribution in [0.3, 0.4) is 0 Å². The fourth-order valence-electron chi connectivity index (χ4n) is 3.93. The van der Waals surface area contributed by atoms with E-state index in [0.717, 1.165) is 27.2 Å². The van der Waals surface area contributed by atoms with Crippen molar-refractivity contribution in [2.45, 2.75) is 24.7 Å². The molecular weight excluding hydrogens is 530 g/mol. The number of halogens is 3. The Morgan fingerprint density at radius 2 is 1.78 bits per heavy atom. The smallest absolute Gasteiger partial charge is 0.325 e. The zero-order valence-electron chi connectivity index (χ0n) is 19.4. The Hall–Kier alpha value is -2.54. The number of hydrogen-bond acceptors (Lipinski definition) is 4. The van der Waals surface area contributed by atoms with Crippen molar-refractivity contribution >= 4 is 50.4 Å². The van der Waals surface area contributed by atoms with Crippen LogP contribution in [-0.2, 0) is 10.2 Å². The maximum absolute atomic E-state index is 13.6. The van der Waals surface area contributed by atoms with Gasteiger partial charge in [-0.15, -0.1) is 4.40 Å². The number of rotatable bonds is 4. The van der Waals surface area contributed by atoms with Crippen LogP contribution in [-0.4, -0.2) is 66.4 Å². The van der Waals surface area contributed by atoms with Gasteiger partial charge in [0.05, 0.1) is 12.3 Å². The molecule has 0 radical (unpaired) electrons. The van der Waals surface area contributed by atoms with Crippen LogP contribution < -0.4 is 5.73 Å². The van der Waals surface area contributed by atoms with E-state index < -0.39 is 29.0 Å². The summed E-state index contributed by atoms with van der Waals surface area (Å²) < 4.78 is 58.1. The summed E-state index contributed by atoms with van der Waals surface area (Å²) in [6.45, 7) is -0.418. The van der Waals surface area contributed by atoms with E-state index in [1.54, 1.807) is 18.4 Å². The van der Waals surface area contributed by atoms with E-state index in [1.165, 1.54) is 5.01 Å². The highest BCUT2D eigenvalue weighted by atomic mass is 35.5. The van der Waals surface area contributed by atoms with Crippen molar-refractivity contribution < 1.29 is 17.2 Å². The molecule has 0 amide bonds. The van der Waals surface area contributed by atoms with Crippen molar-refractivity contribution in [3.8, 4) is 0 Å². The summed E-state index contributed by atoms with van der Waals surface area (Å²) in [6, 6.07) is 16.8. The normalized spacial score (nSPS) is 21.5. The molecule has 0 bridgehead atoms. The third-order valence-corrected chi connectivity index (χ3v) is 8.06. The van der Waals surface area contributed by atoms with Crippen LogP contribution in [0.5, 0.6) is 0 Å². The Morgan fingerprint density at radius 3 is 2.39 bits per heavy atom. The maximum atomic E-state index is 13.6. The molecule has 1 fully saturated rings. The molecule has 1 atom stereocenters. The number of nitrogens with zero attached hydrogens (tertiary/aromatic N) is 5.